The zero-order chi connectivity index (χ0) is 17.0. The number of hydrogen-bond acceptors (Lipinski definition) is 6. The second-order valence-corrected chi connectivity index (χ2v) is 5.83. The Morgan fingerprint density at radius 1 is 1.57 bits per heavy atom. The molecule has 0 saturated carbocycles. The number of nitro benzene ring substituents is 1. The Morgan fingerprint density at radius 2 is 2.30 bits per heavy atom. The van der Waals surface area contributed by atoms with E-state index in [0.717, 1.165) is 25.9 Å². The molecule has 1 aliphatic heterocycles. The number of anilines is 1. The highest BCUT2D eigenvalue weighted by atomic mass is 16.6. The lowest BCUT2D eigenvalue weighted by atomic mass is 9.99. The van der Waals surface area contributed by atoms with Crippen LogP contribution in [0.15, 0.2) is 18.2 Å². The Kier molecular flexibility index (Phi) is 5.16. The summed E-state index contributed by atoms with van der Waals surface area (Å²) in [6.45, 7) is 5.08. The Bertz CT molecular complexity index is 653. The van der Waals surface area contributed by atoms with E-state index in [9.17, 15) is 14.9 Å². The molecule has 7 heteroatoms. The van der Waals surface area contributed by atoms with E-state index < -0.39 is 17.0 Å². The molecular formula is C16H19N3O4. The minimum Gasteiger partial charge on any atom is -0.444 e. The van der Waals surface area contributed by atoms with Crippen LogP contribution in [0.5, 0.6) is 0 Å². The normalized spacial score (nSPS) is 18.8. The number of nitriles is 1. The zero-order valence-electron chi connectivity index (χ0n) is 13.2. The predicted molar refractivity (Wildman–Crippen MR) is 84.2 cm³/mol. The molecule has 1 aliphatic rings. The maximum Gasteiger partial charge on any atom is 0.339 e. The second-order valence-electron chi connectivity index (χ2n) is 5.83. The summed E-state index contributed by atoms with van der Waals surface area (Å²) in [6.07, 6.45) is 1.20. The van der Waals surface area contributed by atoms with E-state index in [0.29, 0.717) is 11.6 Å². The molecule has 1 aromatic rings. The molecule has 2 rings (SSSR count). The Balaban J connectivity index is 2.30. The molecule has 1 heterocycles. The van der Waals surface area contributed by atoms with Gasteiger partial charge >= 0.3 is 5.97 Å². The van der Waals surface area contributed by atoms with Gasteiger partial charge < -0.3 is 9.64 Å². The van der Waals surface area contributed by atoms with Crippen molar-refractivity contribution in [3.05, 3.63) is 33.9 Å². The van der Waals surface area contributed by atoms with Gasteiger partial charge in [0.25, 0.3) is 5.69 Å². The first-order chi connectivity index (χ1) is 10.9. The Hall–Kier alpha value is -2.62. The molecule has 122 valence electrons. The molecule has 0 amide bonds. The summed E-state index contributed by atoms with van der Waals surface area (Å²) in [7, 11) is 0. The van der Waals surface area contributed by atoms with E-state index in [1.807, 2.05) is 4.90 Å². The SMILES string of the molecule is C[C@H]1CCCN(c2ccc(C(=O)O[C@@H](C)C#N)cc2[N+](=O)[O-])C1. The van der Waals surface area contributed by atoms with E-state index in [-0.39, 0.29) is 11.3 Å². The summed E-state index contributed by atoms with van der Waals surface area (Å²) in [5, 5.41) is 20.0. The van der Waals surface area contributed by atoms with Crippen LogP contribution in [0.2, 0.25) is 0 Å². The maximum atomic E-state index is 11.9. The lowest BCUT2D eigenvalue weighted by molar-refractivity contribution is -0.384. The molecule has 7 nitrogen and oxygen atoms in total. The first kappa shape index (κ1) is 16.7. The van der Waals surface area contributed by atoms with E-state index in [2.05, 4.69) is 6.92 Å². The van der Waals surface area contributed by atoms with Gasteiger partial charge in [0.2, 0.25) is 0 Å². The molecule has 1 saturated heterocycles. The van der Waals surface area contributed by atoms with Gasteiger partial charge in [0, 0.05) is 19.2 Å². The molecular weight excluding hydrogens is 298 g/mol. The summed E-state index contributed by atoms with van der Waals surface area (Å²) in [6, 6.07) is 6.10. The van der Waals surface area contributed by atoms with Crippen molar-refractivity contribution in [3.63, 3.8) is 0 Å². The lowest BCUT2D eigenvalue weighted by Gasteiger charge is -2.32. The number of nitro groups is 1. The van der Waals surface area contributed by atoms with Crippen molar-refractivity contribution in [1.82, 2.24) is 0 Å². The summed E-state index contributed by atoms with van der Waals surface area (Å²) in [5.41, 5.74) is 0.484. The second kappa shape index (κ2) is 7.09. The maximum absolute atomic E-state index is 11.9. The molecule has 0 aliphatic carbocycles. The third-order valence-corrected chi connectivity index (χ3v) is 3.87. The van der Waals surface area contributed by atoms with E-state index in [1.54, 1.807) is 12.1 Å². The fraction of sp³-hybridized carbons (Fsp3) is 0.500. The zero-order valence-corrected chi connectivity index (χ0v) is 13.2. The first-order valence-corrected chi connectivity index (χ1v) is 7.56. The van der Waals surface area contributed by atoms with Crippen molar-refractivity contribution < 1.29 is 14.5 Å². The molecule has 2 atom stereocenters. The molecule has 0 radical (unpaired) electrons. The Morgan fingerprint density at radius 3 is 2.91 bits per heavy atom. The van der Waals surface area contributed by atoms with Gasteiger partial charge in [-0.05, 0) is 37.8 Å². The van der Waals surface area contributed by atoms with Crippen LogP contribution in [0.3, 0.4) is 0 Å². The average molecular weight is 317 g/mol. The van der Waals surface area contributed by atoms with E-state index in [4.69, 9.17) is 10.00 Å². The van der Waals surface area contributed by atoms with Crippen molar-refractivity contribution in [2.45, 2.75) is 32.8 Å². The van der Waals surface area contributed by atoms with Gasteiger partial charge in [-0.2, -0.15) is 5.26 Å². The highest BCUT2D eigenvalue weighted by Crippen LogP contribution is 2.32. The predicted octanol–water partition coefficient (Wildman–Crippen LogP) is 2.90. The van der Waals surface area contributed by atoms with Crippen LogP contribution in [0, 0.1) is 27.4 Å². The van der Waals surface area contributed by atoms with E-state index >= 15 is 0 Å². The number of esters is 1. The molecule has 1 aromatic carbocycles. The minimum atomic E-state index is -0.899. The number of carbonyl (C=O) groups excluding carboxylic acids is 1. The van der Waals surface area contributed by atoms with Gasteiger partial charge in [-0.3, -0.25) is 10.1 Å². The van der Waals surface area contributed by atoms with Gasteiger partial charge in [0.05, 0.1) is 10.5 Å². The number of ether oxygens (including phenoxy) is 1. The molecule has 23 heavy (non-hydrogen) atoms. The quantitative estimate of drug-likeness (QED) is 0.481. The molecule has 0 bridgehead atoms. The van der Waals surface area contributed by atoms with Gasteiger partial charge in [-0.1, -0.05) is 6.92 Å². The largest absolute Gasteiger partial charge is 0.444 e. The molecule has 0 N–H and O–H groups in total. The lowest BCUT2D eigenvalue weighted by Crippen LogP contribution is -2.34. The van der Waals surface area contributed by atoms with Crippen molar-refractivity contribution in [1.29, 1.82) is 5.26 Å². The third-order valence-electron chi connectivity index (χ3n) is 3.87. The molecule has 0 spiro atoms. The molecule has 0 aromatic heterocycles. The number of carbonyl (C=O) groups is 1. The van der Waals surface area contributed by atoms with Crippen LogP contribution in [-0.2, 0) is 4.74 Å². The van der Waals surface area contributed by atoms with Crippen LogP contribution in [0.1, 0.15) is 37.0 Å². The monoisotopic (exact) mass is 317 g/mol. The van der Waals surface area contributed by atoms with E-state index in [1.165, 1.54) is 19.1 Å². The van der Waals surface area contributed by atoms with Crippen molar-refractivity contribution in [3.8, 4) is 6.07 Å². The van der Waals surface area contributed by atoms with Crippen molar-refractivity contribution >= 4 is 17.3 Å². The van der Waals surface area contributed by atoms with Gasteiger partial charge in [-0.15, -0.1) is 0 Å². The number of hydrogen-bond donors (Lipinski definition) is 0. The highest BCUT2D eigenvalue weighted by Gasteiger charge is 2.25. The number of benzene rings is 1. The van der Waals surface area contributed by atoms with Crippen LogP contribution < -0.4 is 4.90 Å². The van der Waals surface area contributed by atoms with Gasteiger partial charge in [0.1, 0.15) is 11.8 Å². The summed E-state index contributed by atoms with van der Waals surface area (Å²) < 4.78 is 4.89. The summed E-state index contributed by atoms with van der Waals surface area (Å²) in [5.74, 6) is -0.259. The fourth-order valence-corrected chi connectivity index (χ4v) is 2.73. The average Bonchev–Trinajstić information content (AvgIpc) is 2.54. The van der Waals surface area contributed by atoms with Gasteiger partial charge in [0.15, 0.2) is 6.10 Å². The van der Waals surface area contributed by atoms with Crippen LogP contribution >= 0.6 is 0 Å². The number of piperidine rings is 1. The first-order valence-electron chi connectivity index (χ1n) is 7.56. The Labute approximate surface area is 134 Å². The molecule has 1 fully saturated rings. The minimum absolute atomic E-state index is 0.0765. The van der Waals surface area contributed by atoms with Crippen molar-refractivity contribution in [2.24, 2.45) is 5.92 Å². The summed E-state index contributed by atoms with van der Waals surface area (Å²) in [4.78, 5) is 24.8. The third kappa shape index (κ3) is 3.97. The topological polar surface area (TPSA) is 96.5 Å². The smallest absolute Gasteiger partial charge is 0.339 e. The fourth-order valence-electron chi connectivity index (χ4n) is 2.73. The van der Waals surface area contributed by atoms with Crippen LogP contribution in [-0.4, -0.2) is 30.1 Å². The molecule has 0 unspecified atom stereocenters. The number of nitrogens with zero attached hydrogens (tertiary/aromatic N) is 3. The summed E-state index contributed by atoms with van der Waals surface area (Å²) >= 11 is 0. The highest BCUT2D eigenvalue weighted by molar-refractivity contribution is 5.91. The number of rotatable bonds is 4. The van der Waals surface area contributed by atoms with Crippen LogP contribution in [0.25, 0.3) is 0 Å². The van der Waals surface area contributed by atoms with Crippen molar-refractivity contribution in [2.75, 3.05) is 18.0 Å². The van der Waals surface area contributed by atoms with Crippen LogP contribution in [0.4, 0.5) is 11.4 Å². The van der Waals surface area contributed by atoms with Gasteiger partial charge in [-0.25, -0.2) is 4.79 Å². The standard InChI is InChI=1S/C16H19N3O4/c1-11-4-3-7-18(10-11)14-6-5-13(8-15(14)19(21)22)16(20)23-12(2)9-17/h5-6,8,11-12H,3-4,7,10H2,1-2H3/t11-,12-/m0/s1.